The number of aromatic nitrogens is 2. The highest BCUT2D eigenvalue weighted by atomic mass is 16.5. The van der Waals surface area contributed by atoms with Crippen LogP contribution in [0, 0.1) is 0 Å². The first kappa shape index (κ1) is 23.4. The molecule has 7 heteroatoms. The molecule has 1 aromatic heterocycles. The van der Waals surface area contributed by atoms with Crippen LogP contribution in [0.4, 0.5) is 5.69 Å². The molecule has 35 heavy (non-hydrogen) atoms. The number of Topliss-reactive ketones (excluding diaryl/α,β-unsaturated/α-hetero) is 1. The van der Waals surface area contributed by atoms with Crippen LogP contribution in [0.3, 0.4) is 0 Å². The third-order valence-corrected chi connectivity index (χ3v) is 7.14. The average Bonchev–Trinajstić information content (AvgIpc) is 3.61. The summed E-state index contributed by atoms with van der Waals surface area (Å²) in [5.41, 5.74) is 2.41. The molecule has 1 aliphatic heterocycles. The van der Waals surface area contributed by atoms with E-state index in [0.29, 0.717) is 12.4 Å². The number of methoxy groups -OCH3 is 1. The number of ketones is 1. The van der Waals surface area contributed by atoms with Crippen LogP contribution in [-0.2, 0) is 6.42 Å². The van der Waals surface area contributed by atoms with Crippen LogP contribution < -0.4 is 14.4 Å². The van der Waals surface area contributed by atoms with Gasteiger partial charge >= 0.3 is 0 Å². The Morgan fingerprint density at radius 1 is 1.09 bits per heavy atom. The lowest BCUT2D eigenvalue weighted by Gasteiger charge is -2.42. The summed E-state index contributed by atoms with van der Waals surface area (Å²) >= 11 is 0. The lowest BCUT2D eigenvalue weighted by molar-refractivity contribution is 0.0866. The van der Waals surface area contributed by atoms with E-state index >= 15 is 0 Å². The maximum Gasteiger partial charge on any atom is 0.211 e. The highest BCUT2D eigenvalue weighted by Crippen LogP contribution is 2.35. The standard InChI is InChI=1S/C28H34N4O3/c1-34-26-12-11-22(18-27(26)35-24-9-5-6-10-24)31-15-16-32(20-25(33)28-29-13-14-30-28)23(19-31)17-21-7-3-2-4-8-21/h2-4,7-8,11-14,18,23-24H,5-6,9-10,15-17,19-20H2,1H3,(H,29,30)/t23-/m0/s1. The molecule has 2 heterocycles. The molecule has 1 saturated heterocycles. The lowest BCUT2D eigenvalue weighted by atomic mass is 10.0. The predicted molar refractivity (Wildman–Crippen MR) is 137 cm³/mol. The van der Waals surface area contributed by atoms with Crippen molar-refractivity contribution in [2.75, 3.05) is 38.2 Å². The summed E-state index contributed by atoms with van der Waals surface area (Å²) in [6.07, 6.45) is 9.14. The van der Waals surface area contributed by atoms with Gasteiger partial charge in [-0.05, 0) is 49.8 Å². The molecule has 1 N–H and O–H groups in total. The number of anilines is 1. The van der Waals surface area contributed by atoms with Crippen molar-refractivity contribution in [2.24, 2.45) is 0 Å². The topological polar surface area (TPSA) is 70.7 Å². The number of hydrogen-bond acceptors (Lipinski definition) is 6. The summed E-state index contributed by atoms with van der Waals surface area (Å²) in [5, 5.41) is 0. The van der Waals surface area contributed by atoms with Gasteiger partial charge < -0.3 is 19.4 Å². The van der Waals surface area contributed by atoms with E-state index in [9.17, 15) is 4.79 Å². The van der Waals surface area contributed by atoms with Crippen LogP contribution in [0.15, 0.2) is 60.9 Å². The molecule has 0 unspecified atom stereocenters. The van der Waals surface area contributed by atoms with Crippen molar-refractivity contribution in [3.05, 3.63) is 72.3 Å². The monoisotopic (exact) mass is 474 g/mol. The number of aromatic amines is 1. The van der Waals surface area contributed by atoms with Gasteiger partial charge in [-0.1, -0.05) is 30.3 Å². The first-order valence-electron chi connectivity index (χ1n) is 12.6. The largest absolute Gasteiger partial charge is 0.493 e. The first-order chi connectivity index (χ1) is 17.2. The fourth-order valence-electron chi connectivity index (χ4n) is 5.23. The lowest BCUT2D eigenvalue weighted by Crippen LogP contribution is -2.55. The highest BCUT2D eigenvalue weighted by Gasteiger charge is 2.30. The maximum absolute atomic E-state index is 12.8. The van der Waals surface area contributed by atoms with Gasteiger partial charge in [-0.3, -0.25) is 9.69 Å². The Bertz CT molecular complexity index is 1100. The second-order valence-corrected chi connectivity index (χ2v) is 9.48. The molecule has 0 bridgehead atoms. The van der Waals surface area contributed by atoms with Crippen LogP contribution in [0.5, 0.6) is 11.5 Å². The number of benzene rings is 2. The number of carbonyl (C=O) groups excluding carboxylic acids is 1. The van der Waals surface area contributed by atoms with Crippen molar-refractivity contribution in [3.63, 3.8) is 0 Å². The molecule has 0 radical (unpaired) electrons. The summed E-state index contributed by atoms with van der Waals surface area (Å²) in [5.74, 6) is 2.06. The second-order valence-electron chi connectivity index (χ2n) is 9.48. The van der Waals surface area contributed by atoms with Gasteiger partial charge in [-0.15, -0.1) is 0 Å². The van der Waals surface area contributed by atoms with Crippen molar-refractivity contribution < 1.29 is 14.3 Å². The summed E-state index contributed by atoms with van der Waals surface area (Å²) in [4.78, 5) is 24.6. The zero-order valence-electron chi connectivity index (χ0n) is 20.4. The summed E-state index contributed by atoms with van der Waals surface area (Å²) in [6, 6.07) is 17.0. The number of imidazole rings is 1. The first-order valence-corrected chi connectivity index (χ1v) is 12.6. The second kappa shape index (κ2) is 11.0. The van der Waals surface area contributed by atoms with Crippen LogP contribution in [0.25, 0.3) is 0 Å². The molecule has 184 valence electrons. The molecule has 5 rings (SSSR count). The van der Waals surface area contributed by atoms with Gasteiger partial charge in [-0.25, -0.2) is 4.98 Å². The van der Waals surface area contributed by atoms with Crippen molar-refractivity contribution in [2.45, 2.75) is 44.2 Å². The van der Waals surface area contributed by atoms with Gasteiger partial charge in [0.25, 0.3) is 0 Å². The van der Waals surface area contributed by atoms with Gasteiger partial charge in [0.05, 0.1) is 19.8 Å². The van der Waals surface area contributed by atoms with Crippen LogP contribution in [0.2, 0.25) is 0 Å². The number of nitrogens with zero attached hydrogens (tertiary/aromatic N) is 3. The SMILES string of the molecule is COc1ccc(N2CCN(CC(=O)c3ncc[nH]3)[C@@H](Cc3ccccc3)C2)cc1OC1CCCC1. The van der Waals surface area contributed by atoms with E-state index in [4.69, 9.17) is 9.47 Å². The molecular weight excluding hydrogens is 440 g/mol. The Balaban J connectivity index is 1.34. The van der Waals surface area contributed by atoms with E-state index in [1.54, 1.807) is 19.5 Å². The van der Waals surface area contributed by atoms with Crippen molar-refractivity contribution in [1.29, 1.82) is 0 Å². The van der Waals surface area contributed by atoms with E-state index in [1.165, 1.54) is 18.4 Å². The third-order valence-electron chi connectivity index (χ3n) is 7.14. The maximum atomic E-state index is 12.8. The number of hydrogen-bond donors (Lipinski definition) is 1. The quantitative estimate of drug-likeness (QED) is 0.465. The number of H-pyrrole nitrogens is 1. The molecule has 7 nitrogen and oxygen atoms in total. The van der Waals surface area contributed by atoms with Crippen LogP contribution in [0.1, 0.15) is 41.9 Å². The molecule has 2 aliphatic rings. The van der Waals surface area contributed by atoms with Crippen LogP contribution in [-0.4, -0.2) is 66.1 Å². The zero-order chi connectivity index (χ0) is 24.0. The normalized spacial score (nSPS) is 19.1. The van der Waals surface area contributed by atoms with Gasteiger partial charge in [0.1, 0.15) is 0 Å². The van der Waals surface area contributed by atoms with E-state index in [-0.39, 0.29) is 17.9 Å². The minimum absolute atomic E-state index is 0.0261. The summed E-state index contributed by atoms with van der Waals surface area (Å²) in [6.45, 7) is 2.83. The van der Waals surface area contributed by atoms with Gasteiger partial charge in [0.2, 0.25) is 5.78 Å². The number of piperazine rings is 1. The Morgan fingerprint density at radius 2 is 1.91 bits per heavy atom. The van der Waals surface area contributed by atoms with Crippen molar-refractivity contribution >= 4 is 11.5 Å². The fraction of sp³-hybridized carbons (Fsp3) is 0.429. The molecule has 0 spiro atoms. The van der Waals surface area contributed by atoms with Crippen molar-refractivity contribution in [3.8, 4) is 11.5 Å². The molecule has 2 fully saturated rings. The molecule has 1 atom stereocenters. The predicted octanol–water partition coefficient (Wildman–Crippen LogP) is 4.36. The molecular formula is C28H34N4O3. The van der Waals surface area contributed by atoms with E-state index in [1.807, 2.05) is 12.1 Å². The van der Waals surface area contributed by atoms with E-state index in [2.05, 4.69) is 56.2 Å². The summed E-state index contributed by atoms with van der Waals surface area (Å²) in [7, 11) is 1.70. The number of nitrogens with one attached hydrogen (secondary N) is 1. The van der Waals surface area contributed by atoms with Crippen LogP contribution >= 0.6 is 0 Å². The Labute approximate surface area is 207 Å². The zero-order valence-corrected chi connectivity index (χ0v) is 20.4. The highest BCUT2D eigenvalue weighted by molar-refractivity contribution is 5.94. The average molecular weight is 475 g/mol. The summed E-state index contributed by atoms with van der Waals surface area (Å²) < 4.78 is 11.9. The Kier molecular flexibility index (Phi) is 7.33. The molecule has 3 aromatic rings. The fourth-order valence-corrected chi connectivity index (χ4v) is 5.23. The van der Waals surface area contributed by atoms with E-state index in [0.717, 1.165) is 56.1 Å². The third kappa shape index (κ3) is 5.68. The molecule has 1 saturated carbocycles. The Morgan fingerprint density at radius 3 is 2.66 bits per heavy atom. The van der Waals surface area contributed by atoms with Gasteiger partial charge in [0, 0.05) is 49.8 Å². The minimum atomic E-state index is 0.0261. The van der Waals surface area contributed by atoms with E-state index < -0.39 is 0 Å². The van der Waals surface area contributed by atoms with Crippen molar-refractivity contribution in [1.82, 2.24) is 14.9 Å². The number of carbonyl (C=O) groups is 1. The number of rotatable bonds is 9. The van der Waals surface area contributed by atoms with Gasteiger partial charge in [-0.2, -0.15) is 0 Å². The van der Waals surface area contributed by atoms with Gasteiger partial charge in [0.15, 0.2) is 17.3 Å². The minimum Gasteiger partial charge on any atom is -0.493 e. The Hall–Kier alpha value is -3.32. The number of ether oxygens (including phenoxy) is 2. The molecule has 1 aliphatic carbocycles. The molecule has 2 aromatic carbocycles. The smallest absolute Gasteiger partial charge is 0.211 e. The molecule has 0 amide bonds.